The second-order valence-electron chi connectivity index (χ2n) is 6.06. The highest BCUT2D eigenvalue weighted by atomic mass is 32.2. The number of carbonyl (C=O) groups is 1. The quantitative estimate of drug-likeness (QED) is 0.847. The zero-order valence-corrected chi connectivity index (χ0v) is 13.9. The van der Waals surface area contributed by atoms with E-state index in [0.29, 0.717) is 11.7 Å². The maximum Gasteiger partial charge on any atom is 0.240 e. The smallest absolute Gasteiger partial charge is 0.240 e. The van der Waals surface area contributed by atoms with Gasteiger partial charge < -0.3 is 9.42 Å². The maximum atomic E-state index is 13.2. The van der Waals surface area contributed by atoms with Crippen LogP contribution in [-0.4, -0.2) is 33.2 Å². The van der Waals surface area contributed by atoms with Crippen molar-refractivity contribution in [1.29, 1.82) is 0 Å². The number of benzene rings is 1. The molecule has 0 bridgehead atoms. The van der Waals surface area contributed by atoms with Gasteiger partial charge in [0.15, 0.2) is 5.82 Å². The van der Waals surface area contributed by atoms with Gasteiger partial charge in [0.25, 0.3) is 0 Å². The van der Waals surface area contributed by atoms with Crippen LogP contribution in [0.25, 0.3) is 0 Å². The van der Waals surface area contributed by atoms with Crippen LogP contribution in [-0.2, 0) is 11.2 Å². The number of thioether (sulfide) groups is 1. The molecule has 1 saturated heterocycles. The highest BCUT2D eigenvalue weighted by molar-refractivity contribution is 8.00. The van der Waals surface area contributed by atoms with Crippen LogP contribution in [0.1, 0.15) is 47.0 Å². The standard InChI is InChI=1S/C17H19N3O2S/c1-11-18-16(19-22-11)14-7-4-9-20(14)17(21)15-13-6-3-2-5-12(13)8-10-23-15/h2-3,5-6,14-15H,4,7-10H2,1H3/t14-,15+/m0/s1. The number of carbonyl (C=O) groups excluding carboxylic acids is 1. The first-order valence-electron chi connectivity index (χ1n) is 8.04. The molecule has 1 amide bonds. The molecule has 0 N–H and O–H groups in total. The van der Waals surface area contributed by atoms with Crippen LogP contribution >= 0.6 is 11.8 Å². The Balaban J connectivity index is 1.62. The van der Waals surface area contributed by atoms with Crippen molar-refractivity contribution in [2.45, 2.75) is 37.5 Å². The number of amides is 1. The minimum Gasteiger partial charge on any atom is -0.340 e. The maximum absolute atomic E-state index is 13.2. The van der Waals surface area contributed by atoms with Crippen molar-refractivity contribution in [2.75, 3.05) is 12.3 Å². The summed E-state index contributed by atoms with van der Waals surface area (Å²) in [5, 5.41) is 3.93. The van der Waals surface area contributed by atoms with E-state index in [4.69, 9.17) is 4.52 Å². The Kier molecular flexibility index (Phi) is 3.85. The molecule has 1 fully saturated rings. The monoisotopic (exact) mass is 329 g/mol. The Bertz CT molecular complexity index is 730. The van der Waals surface area contributed by atoms with E-state index in [1.807, 2.05) is 11.0 Å². The van der Waals surface area contributed by atoms with Gasteiger partial charge in [0.2, 0.25) is 11.8 Å². The molecular formula is C17H19N3O2S. The topological polar surface area (TPSA) is 59.2 Å². The molecule has 1 aromatic carbocycles. The lowest BCUT2D eigenvalue weighted by Crippen LogP contribution is -2.35. The first-order valence-corrected chi connectivity index (χ1v) is 9.09. The van der Waals surface area contributed by atoms with E-state index in [2.05, 4.69) is 28.3 Å². The van der Waals surface area contributed by atoms with Crippen LogP contribution in [0.5, 0.6) is 0 Å². The summed E-state index contributed by atoms with van der Waals surface area (Å²) in [7, 11) is 0. The van der Waals surface area contributed by atoms with Gasteiger partial charge in [-0.05, 0) is 36.1 Å². The number of hydrogen-bond acceptors (Lipinski definition) is 5. The van der Waals surface area contributed by atoms with Gasteiger partial charge in [-0.2, -0.15) is 4.98 Å². The molecule has 0 spiro atoms. The van der Waals surface area contributed by atoms with Crippen molar-refractivity contribution < 1.29 is 9.32 Å². The van der Waals surface area contributed by atoms with Crippen LogP contribution in [0.2, 0.25) is 0 Å². The molecule has 6 heteroatoms. The molecule has 0 saturated carbocycles. The van der Waals surface area contributed by atoms with E-state index in [1.165, 1.54) is 11.1 Å². The average Bonchev–Trinajstić information content (AvgIpc) is 3.22. The predicted molar refractivity (Wildman–Crippen MR) is 88.1 cm³/mol. The van der Waals surface area contributed by atoms with Gasteiger partial charge in [-0.15, -0.1) is 11.8 Å². The zero-order chi connectivity index (χ0) is 15.8. The number of nitrogens with zero attached hydrogens (tertiary/aromatic N) is 3. The minimum atomic E-state index is -0.103. The molecular weight excluding hydrogens is 310 g/mol. The molecule has 2 aliphatic heterocycles. The molecule has 2 aliphatic rings. The van der Waals surface area contributed by atoms with E-state index in [1.54, 1.807) is 18.7 Å². The molecule has 3 heterocycles. The van der Waals surface area contributed by atoms with Crippen LogP contribution in [0, 0.1) is 6.92 Å². The van der Waals surface area contributed by atoms with Crippen molar-refractivity contribution in [1.82, 2.24) is 15.0 Å². The summed E-state index contributed by atoms with van der Waals surface area (Å²) in [4.78, 5) is 19.5. The summed E-state index contributed by atoms with van der Waals surface area (Å²) in [5.41, 5.74) is 2.47. The van der Waals surface area contributed by atoms with Gasteiger partial charge in [-0.3, -0.25) is 4.79 Å². The van der Waals surface area contributed by atoms with Gasteiger partial charge in [0, 0.05) is 13.5 Å². The Morgan fingerprint density at radius 2 is 2.26 bits per heavy atom. The highest BCUT2D eigenvalue weighted by Crippen LogP contribution is 2.41. The summed E-state index contributed by atoms with van der Waals surface area (Å²) in [5.74, 6) is 2.37. The lowest BCUT2D eigenvalue weighted by molar-refractivity contribution is -0.131. The summed E-state index contributed by atoms with van der Waals surface area (Å²) < 4.78 is 5.10. The molecule has 2 atom stereocenters. The van der Waals surface area contributed by atoms with E-state index in [9.17, 15) is 4.79 Å². The normalized spacial score (nSPS) is 23.8. The van der Waals surface area contributed by atoms with Crippen molar-refractivity contribution >= 4 is 17.7 Å². The molecule has 2 aromatic rings. The highest BCUT2D eigenvalue weighted by Gasteiger charge is 2.38. The molecule has 4 rings (SSSR count). The SMILES string of the molecule is Cc1nc([C@@H]2CCCN2C(=O)[C@@H]2SCCc3ccccc32)no1. The summed E-state index contributed by atoms with van der Waals surface area (Å²) in [6.07, 6.45) is 2.94. The van der Waals surface area contributed by atoms with Crippen molar-refractivity contribution in [3.05, 3.63) is 47.1 Å². The van der Waals surface area contributed by atoms with Crippen LogP contribution in [0.4, 0.5) is 0 Å². The third-order valence-corrected chi connectivity index (χ3v) is 5.82. The Labute approximate surface area is 139 Å². The Hall–Kier alpha value is -1.82. The number of fused-ring (bicyclic) bond motifs is 1. The fourth-order valence-electron chi connectivity index (χ4n) is 3.50. The fraction of sp³-hybridized carbons (Fsp3) is 0.471. The fourth-order valence-corrected chi connectivity index (χ4v) is 4.76. The Morgan fingerprint density at radius 1 is 1.39 bits per heavy atom. The van der Waals surface area contributed by atoms with E-state index in [-0.39, 0.29) is 17.2 Å². The number of hydrogen-bond donors (Lipinski definition) is 0. The first kappa shape index (κ1) is 14.8. The van der Waals surface area contributed by atoms with Crippen molar-refractivity contribution in [3.8, 4) is 0 Å². The Morgan fingerprint density at radius 3 is 3.09 bits per heavy atom. The second kappa shape index (κ2) is 6.00. The summed E-state index contributed by atoms with van der Waals surface area (Å²) in [6.45, 7) is 2.56. The summed E-state index contributed by atoms with van der Waals surface area (Å²) >= 11 is 1.75. The zero-order valence-electron chi connectivity index (χ0n) is 13.1. The number of rotatable bonds is 2. The second-order valence-corrected chi connectivity index (χ2v) is 7.27. The van der Waals surface area contributed by atoms with Gasteiger partial charge in [0.05, 0.1) is 6.04 Å². The lowest BCUT2D eigenvalue weighted by atomic mass is 10.0. The van der Waals surface area contributed by atoms with E-state index in [0.717, 1.165) is 31.6 Å². The third kappa shape index (κ3) is 2.65. The van der Waals surface area contributed by atoms with Crippen LogP contribution in [0.15, 0.2) is 28.8 Å². The largest absolute Gasteiger partial charge is 0.340 e. The molecule has 0 unspecified atom stereocenters. The van der Waals surface area contributed by atoms with Crippen LogP contribution < -0.4 is 0 Å². The molecule has 0 radical (unpaired) electrons. The predicted octanol–water partition coefficient (Wildman–Crippen LogP) is 3.07. The van der Waals surface area contributed by atoms with E-state index < -0.39 is 0 Å². The minimum absolute atomic E-state index is 0.0466. The van der Waals surface area contributed by atoms with Gasteiger partial charge >= 0.3 is 0 Å². The molecule has 120 valence electrons. The molecule has 23 heavy (non-hydrogen) atoms. The number of aryl methyl sites for hydroxylation is 2. The molecule has 5 nitrogen and oxygen atoms in total. The molecule has 1 aromatic heterocycles. The van der Waals surface area contributed by atoms with E-state index >= 15 is 0 Å². The first-order chi connectivity index (χ1) is 11.2. The van der Waals surface area contributed by atoms with Gasteiger partial charge in [-0.25, -0.2) is 0 Å². The van der Waals surface area contributed by atoms with Crippen molar-refractivity contribution in [2.24, 2.45) is 0 Å². The van der Waals surface area contributed by atoms with Gasteiger partial charge in [0.1, 0.15) is 5.25 Å². The van der Waals surface area contributed by atoms with Crippen LogP contribution in [0.3, 0.4) is 0 Å². The number of likely N-dealkylation sites (tertiary alicyclic amines) is 1. The van der Waals surface area contributed by atoms with Crippen molar-refractivity contribution in [3.63, 3.8) is 0 Å². The third-order valence-electron chi connectivity index (χ3n) is 4.59. The van der Waals surface area contributed by atoms with Gasteiger partial charge in [-0.1, -0.05) is 29.4 Å². The summed E-state index contributed by atoms with van der Waals surface area (Å²) in [6, 6.07) is 8.26. The number of aromatic nitrogens is 2. The average molecular weight is 329 g/mol. The molecule has 0 aliphatic carbocycles. The lowest BCUT2D eigenvalue weighted by Gasteiger charge is -2.30.